The monoisotopic (exact) mass is 276 g/mol. The number of hydrogen-bond acceptors (Lipinski definition) is 5. The van der Waals surface area contributed by atoms with E-state index < -0.39 is 20.5 Å². The van der Waals surface area contributed by atoms with Crippen LogP contribution in [0.5, 0.6) is 0 Å². The number of carbonyl (C=O) groups excluding carboxylic acids is 1. The van der Waals surface area contributed by atoms with Crippen molar-refractivity contribution < 1.29 is 17.9 Å². The van der Waals surface area contributed by atoms with Gasteiger partial charge in [0.2, 0.25) is 5.91 Å². The van der Waals surface area contributed by atoms with E-state index in [-0.39, 0.29) is 19.5 Å². The zero-order chi connectivity index (χ0) is 14.4. The second-order valence-corrected chi connectivity index (χ2v) is 7.04. The lowest BCUT2D eigenvalue weighted by molar-refractivity contribution is -0.133. The third-order valence-electron chi connectivity index (χ3n) is 2.79. The van der Waals surface area contributed by atoms with Gasteiger partial charge in [-0.2, -0.15) is 5.26 Å². The number of amides is 1. The van der Waals surface area contributed by atoms with Gasteiger partial charge in [0.25, 0.3) is 0 Å². The Kier molecular flexibility index (Phi) is 6.29. The Bertz CT molecular complexity index is 423. The third-order valence-corrected chi connectivity index (χ3v) is 4.82. The molecule has 0 aliphatic rings. The number of methoxy groups -OCH3 is 1. The number of nitriles is 1. The van der Waals surface area contributed by atoms with Crippen LogP contribution < -0.4 is 0 Å². The molecular formula is C11H20N2O4S. The van der Waals surface area contributed by atoms with Crippen molar-refractivity contribution in [3.63, 3.8) is 0 Å². The molecule has 1 amide bonds. The van der Waals surface area contributed by atoms with Gasteiger partial charge in [-0.1, -0.05) is 0 Å². The Labute approximate surface area is 108 Å². The van der Waals surface area contributed by atoms with Crippen LogP contribution in [0.4, 0.5) is 0 Å². The molecule has 7 heteroatoms. The zero-order valence-electron chi connectivity index (χ0n) is 11.3. The van der Waals surface area contributed by atoms with Crippen molar-refractivity contribution in [1.82, 2.24) is 4.90 Å². The van der Waals surface area contributed by atoms with Crippen LogP contribution >= 0.6 is 0 Å². The molecule has 0 heterocycles. The molecule has 0 atom stereocenters. The summed E-state index contributed by atoms with van der Waals surface area (Å²) in [4.78, 5) is 13.6. The van der Waals surface area contributed by atoms with Gasteiger partial charge in [-0.25, -0.2) is 8.42 Å². The van der Waals surface area contributed by atoms with E-state index >= 15 is 0 Å². The van der Waals surface area contributed by atoms with Gasteiger partial charge in [0.1, 0.15) is 4.75 Å². The van der Waals surface area contributed by atoms with E-state index in [0.29, 0.717) is 6.61 Å². The molecule has 0 saturated heterocycles. The van der Waals surface area contributed by atoms with Gasteiger partial charge < -0.3 is 9.64 Å². The van der Waals surface area contributed by atoms with Gasteiger partial charge in [-0.3, -0.25) is 4.79 Å². The summed E-state index contributed by atoms with van der Waals surface area (Å²) in [5.41, 5.74) is 0. The Balaban J connectivity index is 5.01. The third kappa shape index (κ3) is 4.27. The predicted molar refractivity (Wildman–Crippen MR) is 67.6 cm³/mol. The second-order valence-electron chi connectivity index (χ2n) is 4.48. The van der Waals surface area contributed by atoms with E-state index in [4.69, 9.17) is 10.00 Å². The molecule has 0 fully saturated rings. The topological polar surface area (TPSA) is 87.5 Å². The highest BCUT2D eigenvalue weighted by atomic mass is 32.2. The molecule has 0 bridgehead atoms. The smallest absolute Gasteiger partial charge is 0.243 e. The minimum absolute atomic E-state index is 0.162. The molecule has 0 aromatic carbocycles. The van der Waals surface area contributed by atoms with Crippen molar-refractivity contribution in [1.29, 1.82) is 5.26 Å². The van der Waals surface area contributed by atoms with Crippen molar-refractivity contribution in [2.45, 2.75) is 25.0 Å². The maximum Gasteiger partial charge on any atom is 0.243 e. The van der Waals surface area contributed by atoms with Crippen LogP contribution in [-0.4, -0.2) is 57.0 Å². The molecule has 18 heavy (non-hydrogen) atoms. The molecule has 0 aliphatic carbocycles. The van der Waals surface area contributed by atoms with Gasteiger partial charge in [-0.05, 0) is 13.8 Å². The van der Waals surface area contributed by atoms with Crippen LogP contribution in [0.1, 0.15) is 20.3 Å². The highest BCUT2D eigenvalue weighted by Gasteiger charge is 2.41. The number of nitrogens with zero attached hydrogens (tertiary/aromatic N) is 2. The van der Waals surface area contributed by atoms with E-state index in [1.165, 1.54) is 25.9 Å². The Morgan fingerprint density at radius 1 is 1.39 bits per heavy atom. The summed E-state index contributed by atoms with van der Waals surface area (Å²) in [5.74, 6) is -0.502. The normalized spacial score (nSPS) is 11.9. The second kappa shape index (κ2) is 6.71. The average Bonchev–Trinajstić information content (AvgIpc) is 2.27. The number of hydrogen-bond donors (Lipinski definition) is 0. The maximum absolute atomic E-state index is 12.2. The van der Waals surface area contributed by atoms with Gasteiger partial charge in [0.15, 0.2) is 9.84 Å². The minimum Gasteiger partial charge on any atom is -0.383 e. The summed E-state index contributed by atoms with van der Waals surface area (Å²) in [5, 5.41) is 8.55. The van der Waals surface area contributed by atoms with E-state index in [1.807, 2.05) is 6.07 Å². The molecule has 0 N–H and O–H groups in total. The van der Waals surface area contributed by atoms with E-state index in [0.717, 1.165) is 6.26 Å². The molecule has 6 nitrogen and oxygen atoms in total. The Morgan fingerprint density at radius 3 is 2.33 bits per heavy atom. The number of carbonyl (C=O) groups is 1. The molecule has 0 aromatic heterocycles. The average molecular weight is 276 g/mol. The molecule has 104 valence electrons. The van der Waals surface area contributed by atoms with Crippen LogP contribution in [0.2, 0.25) is 0 Å². The molecule has 0 aromatic rings. The number of rotatable bonds is 7. The fourth-order valence-electron chi connectivity index (χ4n) is 1.24. The first-order valence-electron chi connectivity index (χ1n) is 5.53. The fraction of sp³-hybridized carbons (Fsp3) is 0.818. The standard InChI is InChI=1S/C11H20N2O4S/c1-11(2,18(4,15)16)10(14)13(7-5-6-12)8-9-17-3/h5,7-9H2,1-4H3. The van der Waals surface area contributed by atoms with Crippen molar-refractivity contribution in [3.8, 4) is 6.07 Å². The van der Waals surface area contributed by atoms with Gasteiger partial charge in [-0.15, -0.1) is 0 Å². The molecule has 0 rings (SSSR count). The van der Waals surface area contributed by atoms with Crippen LogP contribution in [0.3, 0.4) is 0 Å². The Hall–Kier alpha value is -1.13. The van der Waals surface area contributed by atoms with Crippen molar-refractivity contribution in [3.05, 3.63) is 0 Å². The number of ether oxygens (including phenoxy) is 1. The lowest BCUT2D eigenvalue weighted by Gasteiger charge is -2.30. The zero-order valence-corrected chi connectivity index (χ0v) is 12.1. The first-order valence-corrected chi connectivity index (χ1v) is 7.42. The first kappa shape index (κ1) is 16.9. The van der Waals surface area contributed by atoms with E-state index in [1.54, 1.807) is 0 Å². The molecule has 0 saturated carbocycles. The molecule has 0 unspecified atom stereocenters. The summed E-state index contributed by atoms with van der Waals surface area (Å²) < 4.78 is 26.6. The first-order chi connectivity index (χ1) is 8.18. The van der Waals surface area contributed by atoms with Crippen molar-refractivity contribution in [2.75, 3.05) is 33.1 Å². The Morgan fingerprint density at radius 2 is 1.94 bits per heavy atom. The van der Waals surface area contributed by atoms with Crippen molar-refractivity contribution in [2.24, 2.45) is 0 Å². The molecule has 0 aliphatic heterocycles. The predicted octanol–water partition coefficient (Wildman–Crippen LogP) is 0.198. The molecule has 0 spiro atoms. The summed E-state index contributed by atoms with van der Waals surface area (Å²) in [7, 11) is -2.02. The van der Waals surface area contributed by atoms with Crippen molar-refractivity contribution >= 4 is 15.7 Å². The van der Waals surface area contributed by atoms with E-state index in [2.05, 4.69) is 0 Å². The van der Waals surface area contributed by atoms with Crippen LogP contribution in [0, 0.1) is 11.3 Å². The lowest BCUT2D eigenvalue weighted by atomic mass is 10.1. The van der Waals surface area contributed by atoms with Gasteiger partial charge in [0.05, 0.1) is 19.1 Å². The fourth-order valence-corrected chi connectivity index (χ4v) is 1.69. The van der Waals surface area contributed by atoms with Crippen LogP contribution in [0.15, 0.2) is 0 Å². The quantitative estimate of drug-likeness (QED) is 0.663. The van der Waals surface area contributed by atoms with Crippen LogP contribution in [0.25, 0.3) is 0 Å². The van der Waals surface area contributed by atoms with E-state index in [9.17, 15) is 13.2 Å². The summed E-state index contributed by atoms with van der Waals surface area (Å²) >= 11 is 0. The SMILES string of the molecule is COCCN(CCC#N)C(=O)C(C)(C)S(C)(=O)=O. The maximum atomic E-state index is 12.2. The highest BCUT2D eigenvalue weighted by Crippen LogP contribution is 2.18. The largest absolute Gasteiger partial charge is 0.383 e. The summed E-state index contributed by atoms with van der Waals surface area (Å²) in [6, 6.07) is 1.94. The van der Waals surface area contributed by atoms with Gasteiger partial charge in [0, 0.05) is 26.5 Å². The molecular weight excluding hydrogens is 256 g/mol. The van der Waals surface area contributed by atoms with Crippen LogP contribution in [-0.2, 0) is 19.4 Å². The summed E-state index contributed by atoms with van der Waals surface area (Å²) in [6.45, 7) is 3.53. The van der Waals surface area contributed by atoms with Gasteiger partial charge >= 0.3 is 0 Å². The summed E-state index contributed by atoms with van der Waals surface area (Å²) in [6.07, 6.45) is 1.19. The molecule has 0 radical (unpaired) electrons. The lowest BCUT2D eigenvalue weighted by Crippen LogP contribution is -2.50. The number of sulfone groups is 1. The minimum atomic E-state index is -3.51. The highest BCUT2D eigenvalue weighted by molar-refractivity contribution is 7.92.